The number of carbonyl (C=O) groups excluding carboxylic acids is 1. The molecule has 0 radical (unpaired) electrons. The van der Waals surface area contributed by atoms with Crippen LogP contribution in [-0.4, -0.2) is 36.7 Å². The van der Waals surface area contributed by atoms with Crippen LogP contribution in [0.5, 0.6) is 0 Å². The van der Waals surface area contributed by atoms with Gasteiger partial charge in [-0.05, 0) is 5.56 Å². The lowest BCUT2D eigenvalue weighted by atomic mass is 10.1. The van der Waals surface area contributed by atoms with Crippen molar-refractivity contribution in [1.82, 2.24) is 5.32 Å². The second-order valence-electron chi connectivity index (χ2n) is 3.59. The number of rotatable bonds is 7. The molecule has 0 spiro atoms. The normalized spacial score (nSPS) is 11.8. The summed E-state index contributed by atoms with van der Waals surface area (Å²) >= 11 is 0. The van der Waals surface area contributed by atoms with Crippen LogP contribution in [0.2, 0.25) is 0 Å². The quantitative estimate of drug-likeness (QED) is 0.588. The summed E-state index contributed by atoms with van der Waals surface area (Å²) in [7, 11) is 0. The highest BCUT2D eigenvalue weighted by atomic mass is 16.5. The van der Waals surface area contributed by atoms with Gasteiger partial charge in [0.25, 0.3) is 0 Å². The number of hydrogen-bond acceptors (Lipinski definition) is 4. The minimum absolute atomic E-state index is 0.201. The summed E-state index contributed by atoms with van der Waals surface area (Å²) in [4.78, 5) is 22.6. The Morgan fingerprint density at radius 3 is 2.56 bits per heavy atom. The van der Waals surface area contributed by atoms with E-state index in [-0.39, 0.29) is 13.2 Å². The lowest BCUT2D eigenvalue weighted by Crippen LogP contribution is -2.36. The van der Waals surface area contributed by atoms with Gasteiger partial charge in [0, 0.05) is 6.54 Å². The van der Waals surface area contributed by atoms with Crippen molar-refractivity contribution in [2.45, 2.75) is 6.04 Å². The van der Waals surface area contributed by atoms with Gasteiger partial charge in [0.15, 0.2) is 6.04 Å². The van der Waals surface area contributed by atoms with E-state index in [1.54, 1.807) is 30.3 Å². The van der Waals surface area contributed by atoms with Gasteiger partial charge in [-0.25, -0.2) is 4.79 Å². The maximum absolute atomic E-state index is 11.5. The van der Waals surface area contributed by atoms with Gasteiger partial charge in [-0.15, -0.1) is 0 Å². The molecule has 0 heterocycles. The molecule has 1 rings (SSSR count). The van der Waals surface area contributed by atoms with Crippen LogP contribution < -0.4 is 11.1 Å². The minimum atomic E-state index is -1.12. The lowest BCUT2D eigenvalue weighted by molar-refractivity contribution is -0.142. The Labute approximate surface area is 105 Å². The topological polar surface area (TPSA) is 102 Å². The summed E-state index contributed by atoms with van der Waals surface area (Å²) in [5.74, 6) is -1.60. The summed E-state index contributed by atoms with van der Waals surface area (Å²) in [6.45, 7) is 0.374. The Bertz CT molecular complexity index is 394. The molecule has 0 unspecified atom stereocenters. The van der Waals surface area contributed by atoms with Crippen LogP contribution in [0.15, 0.2) is 30.3 Å². The molecule has 4 N–H and O–H groups in total. The highest BCUT2D eigenvalue weighted by Crippen LogP contribution is 2.12. The lowest BCUT2D eigenvalue weighted by Gasteiger charge is -2.14. The molecule has 0 bridgehead atoms. The molecule has 0 aliphatic rings. The van der Waals surface area contributed by atoms with E-state index < -0.39 is 17.9 Å². The number of carboxylic acids is 1. The van der Waals surface area contributed by atoms with Gasteiger partial charge in [0.05, 0.1) is 6.61 Å². The maximum atomic E-state index is 11.5. The molecule has 18 heavy (non-hydrogen) atoms. The first kappa shape index (κ1) is 14.1. The second kappa shape index (κ2) is 7.41. The molecule has 1 atom stereocenters. The van der Waals surface area contributed by atoms with E-state index in [1.165, 1.54) is 0 Å². The van der Waals surface area contributed by atoms with Gasteiger partial charge >= 0.3 is 5.97 Å². The van der Waals surface area contributed by atoms with Crippen LogP contribution in [0, 0.1) is 0 Å². The number of aliphatic carboxylic acids is 1. The molecule has 0 aliphatic carbocycles. The van der Waals surface area contributed by atoms with E-state index in [1.807, 2.05) is 0 Å². The van der Waals surface area contributed by atoms with Crippen LogP contribution in [0.25, 0.3) is 0 Å². The van der Waals surface area contributed by atoms with Crippen molar-refractivity contribution < 1.29 is 19.4 Å². The highest BCUT2D eigenvalue weighted by molar-refractivity contribution is 5.85. The summed E-state index contributed by atoms with van der Waals surface area (Å²) in [5.41, 5.74) is 5.72. The molecule has 1 aromatic carbocycles. The van der Waals surface area contributed by atoms with Crippen LogP contribution >= 0.6 is 0 Å². The number of ether oxygens (including phenoxy) is 1. The second-order valence-corrected chi connectivity index (χ2v) is 3.59. The number of benzene rings is 1. The van der Waals surface area contributed by atoms with E-state index in [4.69, 9.17) is 15.6 Å². The Balaban J connectivity index is 2.59. The largest absolute Gasteiger partial charge is 0.479 e. The fourth-order valence-corrected chi connectivity index (χ4v) is 1.38. The van der Waals surface area contributed by atoms with Crippen molar-refractivity contribution in [2.75, 3.05) is 19.8 Å². The van der Waals surface area contributed by atoms with Crippen LogP contribution in [-0.2, 0) is 14.3 Å². The zero-order chi connectivity index (χ0) is 13.4. The Morgan fingerprint density at radius 1 is 1.33 bits per heavy atom. The molecule has 1 aromatic rings. The third-order valence-corrected chi connectivity index (χ3v) is 2.18. The van der Waals surface area contributed by atoms with Gasteiger partial charge in [-0.2, -0.15) is 0 Å². The van der Waals surface area contributed by atoms with Crippen LogP contribution in [0.4, 0.5) is 0 Å². The molecule has 0 saturated carbocycles. The smallest absolute Gasteiger partial charge is 0.330 e. The molecule has 6 nitrogen and oxygen atoms in total. The third-order valence-electron chi connectivity index (χ3n) is 2.18. The SMILES string of the molecule is NCCOCC(=O)N[C@@H](C(=O)O)c1ccccc1. The van der Waals surface area contributed by atoms with Crippen molar-refractivity contribution in [2.24, 2.45) is 5.73 Å². The van der Waals surface area contributed by atoms with Crippen LogP contribution in [0.3, 0.4) is 0 Å². The summed E-state index contributed by atoms with van der Waals surface area (Å²) in [6, 6.07) is 7.40. The van der Waals surface area contributed by atoms with E-state index in [0.29, 0.717) is 12.1 Å². The average Bonchev–Trinajstić information content (AvgIpc) is 2.37. The van der Waals surface area contributed by atoms with Gasteiger partial charge in [0.2, 0.25) is 5.91 Å². The molecule has 0 aromatic heterocycles. The van der Waals surface area contributed by atoms with Crippen LogP contribution in [0.1, 0.15) is 11.6 Å². The Morgan fingerprint density at radius 2 is 2.00 bits per heavy atom. The summed E-state index contributed by atoms with van der Waals surface area (Å²) < 4.78 is 4.93. The molecule has 6 heteroatoms. The number of amides is 1. The standard InChI is InChI=1S/C12H16N2O4/c13-6-7-18-8-10(15)14-11(12(16)17)9-4-2-1-3-5-9/h1-5,11H,6-8,13H2,(H,14,15)(H,16,17)/t11-/m1/s1. The predicted molar refractivity (Wildman–Crippen MR) is 64.8 cm³/mol. The monoisotopic (exact) mass is 252 g/mol. The van der Waals surface area contributed by atoms with Crippen molar-refractivity contribution in [3.63, 3.8) is 0 Å². The van der Waals surface area contributed by atoms with Crippen molar-refractivity contribution in [1.29, 1.82) is 0 Å². The van der Waals surface area contributed by atoms with Gasteiger partial charge in [-0.1, -0.05) is 30.3 Å². The number of nitrogens with two attached hydrogens (primary N) is 1. The first-order valence-electron chi connectivity index (χ1n) is 5.50. The number of hydrogen-bond donors (Lipinski definition) is 3. The molecule has 0 fully saturated rings. The Hall–Kier alpha value is -1.92. The third kappa shape index (κ3) is 4.52. The average molecular weight is 252 g/mol. The van der Waals surface area contributed by atoms with Crippen molar-refractivity contribution >= 4 is 11.9 Å². The maximum Gasteiger partial charge on any atom is 0.330 e. The summed E-state index contributed by atoms with van der Waals surface area (Å²) in [5, 5.41) is 11.5. The molecular weight excluding hydrogens is 236 g/mol. The first-order valence-corrected chi connectivity index (χ1v) is 5.50. The Kier molecular flexibility index (Phi) is 5.83. The number of carboxylic acid groups (broad SMARTS) is 1. The molecule has 98 valence electrons. The van der Waals surface area contributed by atoms with E-state index in [2.05, 4.69) is 5.32 Å². The minimum Gasteiger partial charge on any atom is -0.479 e. The van der Waals surface area contributed by atoms with Crippen molar-refractivity contribution in [3.8, 4) is 0 Å². The molecule has 0 saturated heterocycles. The molecule has 1 amide bonds. The first-order chi connectivity index (χ1) is 8.65. The predicted octanol–water partition coefficient (Wildman–Crippen LogP) is -0.0962. The van der Waals surface area contributed by atoms with Crippen molar-refractivity contribution in [3.05, 3.63) is 35.9 Å². The van der Waals surface area contributed by atoms with E-state index >= 15 is 0 Å². The zero-order valence-corrected chi connectivity index (χ0v) is 9.83. The summed E-state index contributed by atoms with van der Waals surface area (Å²) in [6.07, 6.45) is 0. The highest BCUT2D eigenvalue weighted by Gasteiger charge is 2.21. The van der Waals surface area contributed by atoms with Gasteiger partial charge in [0.1, 0.15) is 6.61 Å². The number of nitrogens with one attached hydrogen (secondary N) is 1. The fraction of sp³-hybridized carbons (Fsp3) is 0.333. The van der Waals surface area contributed by atoms with E-state index in [0.717, 1.165) is 0 Å². The van der Waals surface area contributed by atoms with E-state index in [9.17, 15) is 9.59 Å². The zero-order valence-electron chi connectivity index (χ0n) is 9.83. The van der Waals surface area contributed by atoms with Gasteiger partial charge < -0.3 is 20.9 Å². The molecular formula is C12H16N2O4. The molecule has 0 aliphatic heterocycles. The fourth-order valence-electron chi connectivity index (χ4n) is 1.38. The number of carbonyl (C=O) groups is 2. The van der Waals surface area contributed by atoms with Gasteiger partial charge in [-0.3, -0.25) is 4.79 Å².